The summed E-state index contributed by atoms with van der Waals surface area (Å²) in [4.78, 5) is 26.1. The molecular weight excluding hydrogens is 356 g/mol. The largest absolute Gasteiger partial charge is 0.491 e. The van der Waals surface area contributed by atoms with Crippen LogP contribution in [-0.4, -0.2) is 30.6 Å². The van der Waals surface area contributed by atoms with Crippen molar-refractivity contribution in [2.75, 3.05) is 16.8 Å². The summed E-state index contributed by atoms with van der Waals surface area (Å²) in [5, 5.41) is 2.81. The molecule has 0 heterocycles. The highest BCUT2D eigenvalue weighted by molar-refractivity contribution is 6.02. The van der Waals surface area contributed by atoms with Gasteiger partial charge in [0.05, 0.1) is 17.9 Å². The zero-order valence-electron chi connectivity index (χ0n) is 17.1. The minimum absolute atomic E-state index is 0.0460. The normalized spacial score (nSPS) is 10.7. The summed E-state index contributed by atoms with van der Waals surface area (Å²) < 4.78 is 11.4. The number of carbonyl (C=O) groups excluding carboxylic acids is 2. The van der Waals surface area contributed by atoms with Gasteiger partial charge in [0.15, 0.2) is 0 Å². The lowest BCUT2D eigenvalue weighted by molar-refractivity contribution is -0.120. The molecule has 6 nitrogen and oxygen atoms in total. The fourth-order valence-electron chi connectivity index (χ4n) is 2.63. The van der Waals surface area contributed by atoms with E-state index in [0.29, 0.717) is 17.1 Å². The van der Waals surface area contributed by atoms with E-state index in [4.69, 9.17) is 9.47 Å². The number of hydrogen-bond acceptors (Lipinski definition) is 4. The molecule has 0 radical (unpaired) electrons. The van der Waals surface area contributed by atoms with E-state index in [2.05, 4.69) is 5.32 Å². The van der Waals surface area contributed by atoms with E-state index in [9.17, 15) is 9.59 Å². The summed E-state index contributed by atoms with van der Waals surface area (Å²) in [5.74, 6) is 0.761. The van der Waals surface area contributed by atoms with Crippen molar-refractivity contribution in [3.05, 3.63) is 48.5 Å². The number of benzene rings is 2. The molecule has 0 aromatic heterocycles. The first kappa shape index (κ1) is 21.3. The number of nitrogens with one attached hydrogen (secondary N) is 1. The van der Waals surface area contributed by atoms with Gasteiger partial charge in [0.25, 0.3) is 0 Å². The molecule has 0 bridgehead atoms. The number of nitrogens with zero attached hydrogens (tertiary/aromatic N) is 1. The Labute approximate surface area is 166 Å². The Kier molecular flexibility index (Phi) is 7.44. The lowest BCUT2D eigenvalue weighted by Gasteiger charge is -2.24. The standard InChI is InChI=1S/C22H28N2O4/c1-15(2)27-19-12-10-18(11-13-19)23-22(26)14-24(17(5)25)20-8-6-7-9-21(20)28-16(3)4/h6-13,15-16H,14H2,1-5H3,(H,23,26). The number of anilines is 2. The van der Waals surface area contributed by atoms with Gasteiger partial charge in [-0.2, -0.15) is 0 Å². The minimum Gasteiger partial charge on any atom is -0.491 e. The van der Waals surface area contributed by atoms with E-state index in [0.717, 1.165) is 5.75 Å². The van der Waals surface area contributed by atoms with Crippen LogP contribution in [0.4, 0.5) is 11.4 Å². The van der Waals surface area contributed by atoms with Gasteiger partial charge >= 0.3 is 0 Å². The predicted octanol–water partition coefficient (Wildman–Crippen LogP) is 4.25. The van der Waals surface area contributed by atoms with Gasteiger partial charge in [0.1, 0.15) is 18.0 Å². The van der Waals surface area contributed by atoms with Crippen molar-refractivity contribution >= 4 is 23.2 Å². The summed E-state index contributed by atoms with van der Waals surface area (Å²) >= 11 is 0. The van der Waals surface area contributed by atoms with Crippen LogP contribution in [0.5, 0.6) is 11.5 Å². The molecule has 2 aromatic rings. The average molecular weight is 384 g/mol. The van der Waals surface area contributed by atoms with Crippen molar-refractivity contribution in [3.8, 4) is 11.5 Å². The van der Waals surface area contributed by atoms with E-state index < -0.39 is 0 Å². The molecule has 1 N–H and O–H groups in total. The fourth-order valence-corrected chi connectivity index (χ4v) is 2.63. The molecule has 0 spiro atoms. The number of para-hydroxylation sites is 2. The first-order valence-electron chi connectivity index (χ1n) is 9.36. The SMILES string of the molecule is CC(=O)N(CC(=O)Nc1ccc(OC(C)C)cc1)c1ccccc1OC(C)C. The van der Waals surface area contributed by atoms with Crippen molar-refractivity contribution in [3.63, 3.8) is 0 Å². The van der Waals surface area contributed by atoms with Gasteiger partial charge in [-0.3, -0.25) is 14.5 Å². The highest BCUT2D eigenvalue weighted by Crippen LogP contribution is 2.29. The molecule has 0 aliphatic heterocycles. The highest BCUT2D eigenvalue weighted by atomic mass is 16.5. The Morgan fingerprint density at radius 2 is 1.54 bits per heavy atom. The van der Waals surface area contributed by atoms with Gasteiger partial charge in [0.2, 0.25) is 11.8 Å². The van der Waals surface area contributed by atoms with Gasteiger partial charge in [-0.15, -0.1) is 0 Å². The van der Waals surface area contributed by atoms with Gasteiger partial charge < -0.3 is 14.8 Å². The van der Waals surface area contributed by atoms with Crippen LogP contribution < -0.4 is 19.7 Å². The number of hydrogen-bond donors (Lipinski definition) is 1. The zero-order valence-corrected chi connectivity index (χ0v) is 17.1. The summed E-state index contributed by atoms with van der Waals surface area (Å²) in [7, 11) is 0. The van der Waals surface area contributed by atoms with E-state index >= 15 is 0 Å². The molecule has 0 saturated heterocycles. The summed E-state index contributed by atoms with van der Waals surface area (Å²) in [6, 6.07) is 14.3. The monoisotopic (exact) mass is 384 g/mol. The van der Waals surface area contributed by atoms with Crippen LogP contribution in [0.1, 0.15) is 34.6 Å². The number of rotatable bonds is 8. The highest BCUT2D eigenvalue weighted by Gasteiger charge is 2.20. The van der Waals surface area contributed by atoms with Crippen LogP contribution in [-0.2, 0) is 9.59 Å². The zero-order chi connectivity index (χ0) is 20.7. The van der Waals surface area contributed by atoms with Crippen molar-refractivity contribution in [2.45, 2.75) is 46.8 Å². The van der Waals surface area contributed by atoms with Gasteiger partial charge in [-0.1, -0.05) is 12.1 Å². The fraction of sp³-hybridized carbons (Fsp3) is 0.364. The quantitative estimate of drug-likeness (QED) is 0.739. The molecule has 0 fully saturated rings. The molecule has 28 heavy (non-hydrogen) atoms. The summed E-state index contributed by atoms with van der Waals surface area (Å²) in [5.41, 5.74) is 1.20. The molecule has 2 amide bonds. The molecule has 0 saturated carbocycles. The minimum atomic E-state index is -0.299. The first-order chi connectivity index (χ1) is 13.3. The second kappa shape index (κ2) is 9.78. The third-order valence-corrected chi connectivity index (χ3v) is 3.71. The number of carbonyl (C=O) groups is 2. The summed E-state index contributed by atoms with van der Waals surface area (Å²) in [6.07, 6.45) is 0.0352. The van der Waals surface area contributed by atoms with Crippen LogP contribution >= 0.6 is 0 Å². The third-order valence-electron chi connectivity index (χ3n) is 3.71. The van der Waals surface area contributed by atoms with Crippen molar-refractivity contribution in [2.24, 2.45) is 0 Å². The molecule has 6 heteroatoms. The average Bonchev–Trinajstić information content (AvgIpc) is 2.61. The van der Waals surface area contributed by atoms with Gasteiger partial charge in [0, 0.05) is 12.6 Å². The Balaban J connectivity index is 2.10. The van der Waals surface area contributed by atoms with Crippen molar-refractivity contribution in [1.82, 2.24) is 0 Å². The van der Waals surface area contributed by atoms with Crippen LogP contribution in [0, 0.1) is 0 Å². The first-order valence-corrected chi connectivity index (χ1v) is 9.36. The molecule has 150 valence electrons. The maximum Gasteiger partial charge on any atom is 0.244 e. The number of amides is 2. The Bertz CT molecular complexity index is 800. The third kappa shape index (κ3) is 6.30. The van der Waals surface area contributed by atoms with Crippen LogP contribution in [0.3, 0.4) is 0 Å². The number of ether oxygens (including phenoxy) is 2. The molecule has 0 aliphatic carbocycles. The smallest absolute Gasteiger partial charge is 0.244 e. The van der Waals surface area contributed by atoms with E-state index in [1.54, 1.807) is 36.4 Å². The van der Waals surface area contributed by atoms with Crippen molar-refractivity contribution in [1.29, 1.82) is 0 Å². The molecule has 2 rings (SSSR count). The Hall–Kier alpha value is -3.02. The molecule has 0 aliphatic rings. The lowest BCUT2D eigenvalue weighted by atomic mass is 10.2. The molecule has 2 aromatic carbocycles. The Morgan fingerprint density at radius 1 is 0.929 bits per heavy atom. The molecule has 0 unspecified atom stereocenters. The second-order valence-electron chi connectivity index (χ2n) is 6.98. The van der Waals surface area contributed by atoms with Crippen LogP contribution in [0.15, 0.2) is 48.5 Å². The van der Waals surface area contributed by atoms with Crippen molar-refractivity contribution < 1.29 is 19.1 Å². The molecule has 0 atom stereocenters. The van der Waals surface area contributed by atoms with E-state index in [1.807, 2.05) is 39.8 Å². The summed E-state index contributed by atoms with van der Waals surface area (Å²) in [6.45, 7) is 9.04. The Morgan fingerprint density at radius 3 is 2.11 bits per heavy atom. The van der Waals surface area contributed by atoms with E-state index in [1.165, 1.54) is 11.8 Å². The van der Waals surface area contributed by atoms with Gasteiger partial charge in [-0.05, 0) is 64.1 Å². The van der Waals surface area contributed by atoms with E-state index in [-0.39, 0.29) is 30.6 Å². The van der Waals surface area contributed by atoms with Crippen LogP contribution in [0.25, 0.3) is 0 Å². The lowest BCUT2D eigenvalue weighted by Crippen LogP contribution is -2.37. The molecular formula is C22H28N2O4. The predicted molar refractivity (Wildman–Crippen MR) is 111 cm³/mol. The maximum absolute atomic E-state index is 12.5. The van der Waals surface area contributed by atoms with Gasteiger partial charge in [-0.25, -0.2) is 0 Å². The maximum atomic E-state index is 12.5. The topological polar surface area (TPSA) is 67.9 Å². The second-order valence-corrected chi connectivity index (χ2v) is 6.98. The van der Waals surface area contributed by atoms with Crippen LogP contribution in [0.2, 0.25) is 0 Å².